The van der Waals surface area contributed by atoms with Crippen LogP contribution in [0.4, 0.5) is 51.2 Å². The van der Waals surface area contributed by atoms with E-state index in [0.717, 1.165) is 113 Å². The average molecular weight is 1110 g/mol. The molecule has 2 aromatic heterocycles. The molecule has 0 N–H and O–H groups in total. The monoisotopic (exact) mass is 1110 g/mol. The van der Waals surface area contributed by atoms with E-state index in [0.29, 0.717) is 11.1 Å². The predicted octanol–water partition coefficient (Wildman–Crippen LogP) is 20.6. The molecule has 0 amide bonds. The van der Waals surface area contributed by atoms with E-state index in [4.69, 9.17) is 8.53 Å². The van der Waals surface area contributed by atoms with Crippen molar-refractivity contribution in [2.75, 3.05) is 14.7 Å². The summed E-state index contributed by atoms with van der Waals surface area (Å²) in [4.78, 5) is 7.21. The van der Waals surface area contributed by atoms with Gasteiger partial charge >= 0.3 is 0 Å². The van der Waals surface area contributed by atoms with Gasteiger partial charge in [0.05, 0.1) is 23.9 Å². The number of fused-ring (bicyclic) bond motifs is 10. The molecule has 0 bridgehead atoms. The van der Waals surface area contributed by atoms with E-state index in [1.54, 1.807) is 0 Å². The summed E-state index contributed by atoms with van der Waals surface area (Å²) in [7, 11) is 0. The molecule has 6 heteroatoms. The third kappa shape index (κ3) is 8.30. The number of rotatable bonds is 7. The largest absolute Gasteiger partial charge is 0.454 e. The summed E-state index contributed by atoms with van der Waals surface area (Å²) in [5, 5.41) is 3.10. The molecule has 4 nitrogen and oxygen atoms in total. The lowest BCUT2D eigenvalue weighted by Gasteiger charge is -2.44. The van der Waals surface area contributed by atoms with Gasteiger partial charge in [-0.05, 0) is 163 Å². The number of hydrogen-bond donors (Lipinski definition) is 0. The molecule has 2 aliphatic heterocycles. The molecule has 0 radical (unpaired) electrons. The highest BCUT2D eigenvalue weighted by molar-refractivity contribution is 7.33. The number of hydrogen-bond acceptors (Lipinski definition) is 5. The first-order valence-corrected chi connectivity index (χ1v) is 30.5. The Morgan fingerprint density at radius 3 is 1.94 bits per heavy atom. The maximum atomic E-state index is 9.68. The first-order valence-electron chi connectivity index (χ1n) is 32.2. The summed E-state index contributed by atoms with van der Waals surface area (Å²) in [6.45, 7) is 22.7. The Kier molecular flexibility index (Phi) is 10.6. The fourth-order valence-corrected chi connectivity index (χ4v) is 15.1. The highest BCUT2D eigenvalue weighted by atomic mass is 32.1. The van der Waals surface area contributed by atoms with Crippen molar-refractivity contribution < 1.29 is 11.3 Å². The van der Waals surface area contributed by atoms with Crippen LogP contribution in [0.3, 0.4) is 0 Å². The van der Waals surface area contributed by atoms with Crippen LogP contribution in [0.15, 0.2) is 223 Å². The minimum absolute atomic E-state index is 0.00559. The minimum Gasteiger partial charge on any atom is -0.454 e. The van der Waals surface area contributed by atoms with Crippen LogP contribution in [-0.4, -0.2) is 6.71 Å². The molecule has 412 valence electrons. The normalized spacial score (nSPS) is 15.9. The minimum atomic E-state index is -0.433. The molecule has 1 aliphatic carbocycles. The fraction of sp³-hybridized carbons (Fsp3) is 0.205. The Balaban J connectivity index is 1.09. The van der Waals surface area contributed by atoms with Gasteiger partial charge in [0.2, 0.25) is 0 Å². The van der Waals surface area contributed by atoms with Gasteiger partial charge < -0.3 is 19.1 Å². The third-order valence-corrected chi connectivity index (χ3v) is 19.7. The van der Waals surface area contributed by atoms with E-state index < -0.39 is 6.04 Å². The number of nitrogens with zero attached hydrogens (tertiary/aromatic N) is 3. The predicted molar refractivity (Wildman–Crippen MR) is 361 cm³/mol. The van der Waals surface area contributed by atoms with E-state index >= 15 is 0 Å². The lowest BCUT2D eigenvalue weighted by atomic mass is 9.36. The summed E-state index contributed by atoms with van der Waals surface area (Å²) in [5.74, 6) is 0. The van der Waals surface area contributed by atoms with Crippen LogP contribution in [-0.2, 0) is 21.7 Å². The zero-order valence-corrected chi connectivity index (χ0v) is 50.4. The van der Waals surface area contributed by atoms with Crippen molar-refractivity contribution >= 4 is 117 Å². The van der Waals surface area contributed by atoms with Gasteiger partial charge in [0.25, 0.3) is 6.71 Å². The Hall–Kier alpha value is -8.58. The molecule has 84 heavy (non-hydrogen) atoms. The average Bonchev–Trinajstić information content (AvgIpc) is 1.68. The summed E-state index contributed by atoms with van der Waals surface area (Å²) >= 11 is 1.84. The Labute approximate surface area is 506 Å². The summed E-state index contributed by atoms with van der Waals surface area (Å²) in [6.07, 6.45) is 2.18. The van der Waals surface area contributed by atoms with Gasteiger partial charge in [0, 0.05) is 65.3 Å². The number of furan rings is 1. The lowest BCUT2D eigenvalue weighted by molar-refractivity contribution is 0.332. The zero-order valence-electron chi connectivity index (χ0n) is 54.5. The van der Waals surface area contributed by atoms with Gasteiger partial charge in [-0.25, -0.2) is 0 Å². The molecule has 0 saturated heterocycles. The Morgan fingerprint density at radius 2 is 1.18 bits per heavy atom. The van der Waals surface area contributed by atoms with Crippen molar-refractivity contribution in [1.82, 2.24) is 0 Å². The van der Waals surface area contributed by atoms with Gasteiger partial charge in [-0.1, -0.05) is 209 Å². The molecule has 0 atom stereocenters. The van der Waals surface area contributed by atoms with Crippen LogP contribution in [0.1, 0.15) is 111 Å². The highest BCUT2D eigenvalue weighted by Crippen LogP contribution is 2.54. The highest BCUT2D eigenvalue weighted by Gasteiger charge is 2.47. The number of anilines is 9. The van der Waals surface area contributed by atoms with E-state index in [1.807, 2.05) is 23.5 Å². The van der Waals surface area contributed by atoms with E-state index in [-0.39, 0.29) is 58.1 Å². The molecule has 3 aliphatic rings. The molecular formula is C78H70BN3OS. The van der Waals surface area contributed by atoms with Gasteiger partial charge in [-0.3, -0.25) is 0 Å². The maximum Gasteiger partial charge on any atom is 0.264 e. The molecule has 12 aromatic rings. The summed E-state index contributed by atoms with van der Waals surface area (Å²) < 4.78 is 55.9. The molecule has 10 aromatic carbocycles. The smallest absolute Gasteiger partial charge is 0.264 e. The van der Waals surface area contributed by atoms with Crippen LogP contribution in [0.5, 0.6) is 0 Å². The molecule has 0 fully saturated rings. The molecule has 0 spiro atoms. The second kappa shape index (κ2) is 19.0. The zero-order chi connectivity index (χ0) is 62.0. The van der Waals surface area contributed by atoms with Crippen LogP contribution >= 0.6 is 11.3 Å². The SMILES string of the molecule is [2H]c1c([2H])c([2H])c(-c2cc3c4c(c2)N(c2cccc5c2oc2ccccc25)c2cc(N(c5ccc6c(c5)C(C)(C)CCC6(C)C)c5ccccc5-c5ccccc5)ccc2B4c2sc4ccc(C(C)(C)C)cc4c2N3c2ccc(C(C)(C)C)cc2)c([2H])c1[2H]. The van der Waals surface area contributed by atoms with E-state index in [9.17, 15) is 2.74 Å². The van der Waals surface area contributed by atoms with Gasteiger partial charge in [-0.2, -0.15) is 0 Å². The van der Waals surface area contributed by atoms with Crippen LogP contribution in [0.25, 0.3) is 54.3 Å². The third-order valence-electron chi connectivity index (χ3n) is 18.5. The maximum absolute atomic E-state index is 9.68. The van der Waals surface area contributed by atoms with E-state index in [2.05, 4.69) is 260 Å². The fourth-order valence-electron chi connectivity index (χ4n) is 13.8. The van der Waals surface area contributed by atoms with Gasteiger partial charge in [0.15, 0.2) is 5.58 Å². The van der Waals surface area contributed by atoms with Crippen LogP contribution < -0.4 is 30.4 Å². The van der Waals surface area contributed by atoms with Crippen molar-refractivity contribution in [1.29, 1.82) is 0 Å². The quantitative estimate of drug-likeness (QED) is 0.148. The summed E-state index contributed by atoms with van der Waals surface area (Å²) in [6, 6.07) is 66.6. The first kappa shape index (κ1) is 46.9. The van der Waals surface area contributed by atoms with Crippen molar-refractivity contribution in [2.24, 2.45) is 0 Å². The number of para-hydroxylation sites is 3. The van der Waals surface area contributed by atoms with Crippen LogP contribution in [0.2, 0.25) is 0 Å². The van der Waals surface area contributed by atoms with Crippen molar-refractivity contribution in [3.8, 4) is 22.3 Å². The van der Waals surface area contributed by atoms with E-state index in [1.165, 1.54) is 27.0 Å². The lowest BCUT2D eigenvalue weighted by Crippen LogP contribution is -2.60. The van der Waals surface area contributed by atoms with Crippen LogP contribution in [0, 0.1) is 0 Å². The molecule has 4 heterocycles. The molecule has 15 rings (SSSR count). The molecular weight excluding hydrogens is 1040 g/mol. The topological polar surface area (TPSA) is 22.9 Å². The van der Waals surface area contributed by atoms with Gasteiger partial charge in [0.1, 0.15) is 5.58 Å². The Bertz CT molecular complexity index is 4890. The standard InChI is InChI=1S/C78H70BN3OS/c1-75(2,3)52-32-35-54(36-33-52)81-67-44-51(49-22-13-11-14-23-49)45-68-71(67)79(74-72(81)60-46-53(76(4,5)6)34-41-70(60)84-74)63-40-38-56(48-66(63)82(68)65-30-21-28-59-58-27-18-20-31-69(58)83-73(59)65)80(64-29-19-17-26-57(64)50-24-15-12-16-25-50)55-37-39-61-62(47-55)78(9,10)43-42-77(61,7)8/h11-41,44-48H,42-43H2,1-10H3/i11D,13D,14D,22D,23D. The second-order valence-electron chi connectivity index (χ2n) is 26.8. The second-order valence-corrected chi connectivity index (χ2v) is 27.9. The number of thiophene rings is 1. The summed E-state index contributed by atoms with van der Waals surface area (Å²) in [5.41, 5.74) is 19.8. The van der Waals surface area contributed by atoms with Crippen molar-refractivity contribution in [3.05, 3.63) is 241 Å². The first-order chi connectivity index (χ1) is 42.5. The Morgan fingerprint density at radius 1 is 0.524 bits per heavy atom. The van der Waals surface area contributed by atoms with Crippen molar-refractivity contribution in [3.63, 3.8) is 0 Å². The molecule has 0 unspecified atom stereocenters. The molecule has 0 saturated carbocycles. The van der Waals surface area contributed by atoms with Crippen molar-refractivity contribution in [2.45, 2.75) is 104 Å². The number of benzene rings is 10. The van der Waals surface area contributed by atoms with Gasteiger partial charge in [-0.15, -0.1) is 11.3 Å².